The molecule has 0 aliphatic carbocycles. The molecule has 0 bridgehead atoms. The van der Waals surface area contributed by atoms with E-state index in [9.17, 15) is 4.79 Å². The standard InChI is InChI=1S/C21H26N2O3/c1-25-15-19-20(16-26-2)23(14-18-11-7-4-8-12-18)21(24)22(19)13-17-9-5-3-6-10-17/h3-12,19-20H,13-16H2,1-2H3/t19-,20-/m1/s1. The van der Waals surface area contributed by atoms with Gasteiger partial charge in [0.1, 0.15) is 0 Å². The SMILES string of the molecule is COC[C@@H]1[C@@H](COC)N(Cc2ccccc2)C(=O)N1Cc1ccccc1. The number of benzene rings is 2. The maximum atomic E-state index is 13.2. The van der Waals surface area contributed by atoms with E-state index in [4.69, 9.17) is 9.47 Å². The fourth-order valence-corrected chi connectivity index (χ4v) is 3.54. The van der Waals surface area contributed by atoms with Crippen LogP contribution in [0.25, 0.3) is 0 Å². The molecule has 2 amide bonds. The van der Waals surface area contributed by atoms with Crippen LogP contribution in [0.15, 0.2) is 60.7 Å². The van der Waals surface area contributed by atoms with Crippen LogP contribution in [0.5, 0.6) is 0 Å². The summed E-state index contributed by atoms with van der Waals surface area (Å²) in [6, 6.07) is 20.1. The minimum absolute atomic E-state index is 0.0295. The van der Waals surface area contributed by atoms with Gasteiger partial charge in [-0.2, -0.15) is 0 Å². The van der Waals surface area contributed by atoms with Crippen LogP contribution in [0, 0.1) is 0 Å². The Morgan fingerprint density at radius 1 is 0.731 bits per heavy atom. The molecule has 5 nitrogen and oxygen atoms in total. The van der Waals surface area contributed by atoms with Gasteiger partial charge in [0.25, 0.3) is 0 Å². The van der Waals surface area contributed by atoms with Crippen molar-refractivity contribution >= 4 is 6.03 Å². The number of urea groups is 1. The van der Waals surface area contributed by atoms with Gasteiger partial charge in [0.2, 0.25) is 0 Å². The number of hydrogen-bond donors (Lipinski definition) is 0. The Kier molecular flexibility index (Phi) is 6.26. The molecule has 138 valence electrons. The highest BCUT2D eigenvalue weighted by Crippen LogP contribution is 2.27. The van der Waals surface area contributed by atoms with Crippen molar-refractivity contribution in [3.05, 3.63) is 71.8 Å². The number of amides is 2. The molecule has 0 radical (unpaired) electrons. The second-order valence-corrected chi connectivity index (χ2v) is 6.55. The van der Waals surface area contributed by atoms with Gasteiger partial charge in [-0.15, -0.1) is 0 Å². The lowest BCUT2D eigenvalue weighted by Crippen LogP contribution is -2.43. The van der Waals surface area contributed by atoms with Gasteiger partial charge >= 0.3 is 6.03 Å². The second-order valence-electron chi connectivity index (χ2n) is 6.55. The monoisotopic (exact) mass is 354 g/mol. The van der Waals surface area contributed by atoms with Gasteiger partial charge < -0.3 is 19.3 Å². The lowest BCUT2D eigenvalue weighted by atomic mass is 10.1. The summed E-state index contributed by atoms with van der Waals surface area (Å²) in [5.74, 6) is 0. The van der Waals surface area contributed by atoms with E-state index < -0.39 is 0 Å². The fraction of sp³-hybridized carbons (Fsp3) is 0.381. The molecule has 2 aromatic rings. The van der Waals surface area contributed by atoms with Crippen molar-refractivity contribution < 1.29 is 14.3 Å². The van der Waals surface area contributed by atoms with Gasteiger partial charge in [0.05, 0.1) is 25.3 Å². The maximum Gasteiger partial charge on any atom is 0.321 e. The average molecular weight is 354 g/mol. The molecule has 3 rings (SSSR count). The van der Waals surface area contributed by atoms with Gasteiger partial charge in [-0.05, 0) is 11.1 Å². The Hall–Kier alpha value is -2.37. The first kappa shape index (κ1) is 18.4. The maximum absolute atomic E-state index is 13.2. The summed E-state index contributed by atoms with van der Waals surface area (Å²) < 4.78 is 10.9. The number of hydrogen-bond acceptors (Lipinski definition) is 3. The van der Waals surface area contributed by atoms with Gasteiger partial charge in [-0.1, -0.05) is 60.7 Å². The fourth-order valence-electron chi connectivity index (χ4n) is 3.54. The van der Waals surface area contributed by atoms with E-state index in [0.29, 0.717) is 26.3 Å². The Morgan fingerprint density at radius 3 is 1.46 bits per heavy atom. The van der Waals surface area contributed by atoms with Crippen LogP contribution in [-0.2, 0) is 22.6 Å². The molecule has 26 heavy (non-hydrogen) atoms. The van der Waals surface area contributed by atoms with E-state index in [2.05, 4.69) is 0 Å². The van der Waals surface area contributed by atoms with Crippen molar-refractivity contribution in [1.29, 1.82) is 0 Å². The zero-order chi connectivity index (χ0) is 18.4. The van der Waals surface area contributed by atoms with E-state index in [1.807, 2.05) is 70.5 Å². The summed E-state index contributed by atoms with van der Waals surface area (Å²) in [4.78, 5) is 17.0. The molecule has 0 aromatic heterocycles. The molecule has 0 saturated carbocycles. The molecule has 1 fully saturated rings. The van der Waals surface area contributed by atoms with E-state index >= 15 is 0 Å². The third kappa shape index (κ3) is 4.06. The molecular formula is C21H26N2O3. The summed E-state index contributed by atoms with van der Waals surface area (Å²) in [5, 5.41) is 0. The van der Waals surface area contributed by atoms with E-state index in [1.165, 1.54) is 0 Å². The largest absolute Gasteiger partial charge is 0.382 e. The molecule has 1 heterocycles. The predicted octanol–water partition coefficient (Wildman–Crippen LogP) is 3.15. The minimum Gasteiger partial charge on any atom is -0.382 e. The van der Waals surface area contributed by atoms with Crippen molar-refractivity contribution in [1.82, 2.24) is 9.80 Å². The van der Waals surface area contributed by atoms with Crippen molar-refractivity contribution in [2.45, 2.75) is 25.2 Å². The number of carbonyl (C=O) groups excluding carboxylic acids is 1. The smallest absolute Gasteiger partial charge is 0.321 e. The van der Waals surface area contributed by atoms with Crippen LogP contribution < -0.4 is 0 Å². The molecule has 0 unspecified atom stereocenters. The highest BCUT2D eigenvalue weighted by atomic mass is 16.5. The molecule has 1 saturated heterocycles. The molecule has 0 spiro atoms. The normalized spacial score (nSPS) is 20.0. The first-order chi connectivity index (χ1) is 12.7. The van der Waals surface area contributed by atoms with Gasteiger partial charge in [-0.25, -0.2) is 4.79 Å². The molecular weight excluding hydrogens is 328 g/mol. The number of rotatable bonds is 8. The van der Waals surface area contributed by atoms with Crippen LogP contribution in [0.3, 0.4) is 0 Å². The van der Waals surface area contributed by atoms with Crippen LogP contribution in [-0.4, -0.2) is 55.3 Å². The molecule has 0 N–H and O–H groups in total. The van der Waals surface area contributed by atoms with Crippen molar-refractivity contribution in [2.24, 2.45) is 0 Å². The topological polar surface area (TPSA) is 42.0 Å². The van der Waals surface area contributed by atoms with Crippen LogP contribution >= 0.6 is 0 Å². The van der Waals surface area contributed by atoms with Crippen LogP contribution in [0.2, 0.25) is 0 Å². The number of ether oxygens (including phenoxy) is 2. The lowest BCUT2D eigenvalue weighted by Gasteiger charge is -2.27. The number of methoxy groups -OCH3 is 2. The van der Waals surface area contributed by atoms with Crippen LogP contribution in [0.1, 0.15) is 11.1 Å². The summed E-state index contributed by atoms with van der Waals surface area (Å²) in [7, 11) is 3.35. The van der Waals surface area contributed by atoms with Crippen molar-refractivity contribution in [2.75, 3.05) is 27.4 Å². The van der Waals surface area contributed by atoms with Crippen molar-refractivity contribution in [3.63, 3.8) is 0 Å². The van der Waals surface area contributed by atoms with Gasteiger partial charge in [-0.3, -0.25) is 0 Å². The summed E-state index contributed by atoms with van der Waals surface area (Å²) in [5.41, 5.74) is 2.22. The molecule has 2 aromatic carbocycles. The van der Waals surface area contributed by atoms with Crippen LogP contribution in [0.4, 0.5) is 4.79 Å². The predicted molar refractivity (Wildman–Crippen MR) is 101 cm³/mol. The number of carbonyl (C=O) groups is 1. The summed E-state index contributed by atoms with van der Waals surface area (Å²) in [6.07, 6.45) is 0. The lowest BCUT2D eigenvalue weighted by molar-refractivity contribution is 0.0703. The van der Waals surface area contributed by atoms with E-state index in [1.54, 1.807) is 14.2 Å². The average Bonchev–Trinajstić information content (AvgIpc) is 2.90. The second kappa shape index (κ2) is 8.83. The first-order valence-corrected chi connectivity index (χ1v) is 8.87. The Morgan fingerprint density at radius 2 is 1.12 bits per heavy atom. The Balaban J connectivity index is 1.86. The van der Waals surface area contributed by atoms with Gasteiger partial charge in [0, 0.05) is 27.3 Å². The number of nitrogens with zero attached hydrogens (tertiary/aromatic N) is 2. The minimum atomic E-state index is -0.0450. The quantitative estimate of drug-likeness (QED) is 0.731. The summed E-state index contributed by atoms with van der Waals surface area (Å²) in [6.45, 7) is 2.11. The van der Waals surface area contributed by atoms with Gasteiger partial charge in [0.15, 0.2) is 0 Å². The zero-order valence-corrected chi connectivity index (χ0v) is 15.4. The summed E-state index contributed by atoms with van der Waals surface area (Å²) >= 11 is 0. The van der Waals surface area contributed by atoms with E-state index in [-0.39, 0.29) is 18.1 Å². The molecule has 5 heteroatoms. The van der Waals surface area contributed by atoms with E-state index in [0.717, 1.165) is 11.1 Å². The Labute approximate surface area is 155 Å². The van der Waals surface area contributed by atoms with Crippen molar-refractivity contribution in [3.8, 4) is 0 Å². The highest BCUT2D eigenvalue weighted by molar-refractivity contribution is 5.78. The zero-order valence-electron chi connectivity index (χ0n) is 15.4. The molecule has 2 atom stereocenters. The molecule has 1 aliphatic heterocycles. The molecule has 1 aliphatic rings. The third-order valence-corrected chi connectivity index (χ3v) is 4.80. The first-order valence-electron chi connectivity index (χ1n) is 8.87. The highest BCUT2D eigenvalue weighted by Gasteiger charge is 2.45. The third-order valence-electron chi connectivity index (χ3n) is 4.80. The Bertz CT molecular complexity index is 633.